The van der Waals surface area contributed by atoms with E-state index in [4.69, 9.17) is 11.6 Å². The predicted molar refractivity (Wildman–Crippen MR) is 93.9 cm³/mol. The lowest BCUT2D eigenvalue weighted by Crippen LogP contribution is -2.30. The van der Waals surface area contributed by atoms with Crippen LogP contribution in [0.1, 0.15) is 12.8 Å². The molecule has 0 atom stereocenters. The number of carbonyl (C=O) groups is 1. The van der Waals surface area contributed by atoms with E-state index >= 15 is 0 Å². The fraction of sp³-hybridized carbons (Fsp3) is 0.167. The minimum Gasteiger partial charge on any atom is -0.296 e. The third kappa shape index (κ3) is 2.37. The van der Waals surface area contributed by atoms with Crippen molar-refractivity contribution in [1.29, 1.82) is 0 Å². The van der Waals surface area contributed by atoms with Crippen LogP contribution >= 0.6 is 11.6 Å². The molecule has 3 aromatic rings. The molecule has 1 saturated heterocycles. The number of rotatable bonds is 2. The summed E-state index contributed by atoms with van der Waals surface area (Å²) in [5.41, 5.74) is 0.927. The molecule has 2 heterocycles. The lowest BCUT2D eigenvalue weighted by atomic mass is 10.2. The third-order valence-electron chi connectivity index (χ3n) is 4.18. The van der Waals surface area contributed by atoms with Gasteiger partial charge in [0.2, 0.25) is 5.91 Å². The summed E-state index contributed by atoms with van der Waals surface area (Å²) in [6, 6.07) is 14.6. The van der Waals surface area contributed by atoms with Crippen LogP contribution in [0.25, 0.3) is 16.6 Å². The Balaban J connectivity index is 2.06. The quantitative estimate of drug-likeness (QED) is 0.720. The van der Waals surface area contributed by atoms with Crippen molar-refractivity contribution in [2.75, 3.05) is 11.4 Å². The Morgan fingerprint density at radius 2 is 1.83 bits per heavy atom. The number of halogens is 1. The zero-order valence-electron chi connectivity index (χ0n) is 12.8. The van der Waals surface area contributed by atoms with Crippen molar-refractivity contribution in [2.45, 2.75) is 12.8 Å². The van der Waals surface area contributed by atoms with Crippen LogP contribution in [0.2, 0.25) is 5.02 Å². The normalized spacial score (nSPS) is 14.5. The fourth-order valence-electron chi connectivity index (χ4n) is 3.09. The minimum absolute atomic E-state index is 0.00406. The van der Waals surface area contributed by atoms with Gasteiger partial charge in [-0.25, -0.2) is 4.79 Å². The lowest BCUT2D eigenvalue weighted by molar-refractivity contribution is -0.117. The molecule has 5 nitrogen and oxygen atoms in total. The number of benzene rings is 2. The van der Waals surface area contributed by atoms with Crippen LogP contribution in [-0.2, 0) is 4.79 Å². The first kappa shape index (κ1) is 14.9. The molecule has 0 bridgehead atoms. The van der Waals surface area contributed by atoms with Crippen molar-refractivity contribution in [3.8, 4) is 5.69 Å². The van der Waals surface area contributed by atoms with Crippen molar-refractivity contribution in [2.24, 2.45) is 0 Å². The van der Waals surface area contributed by atoms with Crippen LogP contribution < -0.4 is 10.6 Å². The van der Waals surface area contributed by atoms with Gasteiger partial charge >= 0.3 is 5.69 Å². The lowest BCUT2D eigenvalue weighted by Gasteiger charge is -2.19. The summed E-state index contributed by atoms with van der Waals surface area (Å²) in [5, 5.41) is 1.26. The summed E-state index contributed by atoms with van der Waals surface area (Å²) < 4.78 is 1.52. The summed E-state index contributed by atoms with van der Waals surface area (Å²) >= 11 is 6.15. The summed E-state index contributed by atoms with van der Waals surface area (Å²) in [6.45, 7) is 0.582. The molecule has 0 spiro atoms. The standard InChI is InChI=1S/C18H14ClN3O2/c19-12-8-9-14-15(11-12)22(13-5-2-1-3-6-13)18(24)20-17(14)21-10-4-7-16(21)23/h1-3,5-6,8-9,11H,4,7,10H2. The van der Waals surface area contributed by atoms with Gasteiger partial charge in [0.25, 0.3) is 0 Å². The Labute approximate surface area is 143 Å². The molecule has 6 heteroatoms. The van der Waals surface area contributed by atoms with Gasteiger partial charge in [-0.3, -0.25) is 14.3 Å². The van der Waals surface area contributed by atoms with Gasteiger partial charge in [0.1, 0.15) is 5.82 Å². The van der Waals surface area contributed by atoms with E-state index in [9.17, 15) is 9.59 Å². The first-order valence-electron chi connectivity index (χ1n) is 7.73. The molecular weight excluding hydrogens is 326 g/mol. The summed E-state index contributed by atoms with van der Waals surface area (Å²) in [5.74, 6) is 0.414. The molecule has 1 aliphatic heterocycles. The number of fused-ring (bicyclic) bond motifs is 1. The highest BCUT2D eigenvalue weighted by atomic mass is 35.5. The van der Waals surface area contributed by atoms with Crippen LogP contribution in [0.15, 0.2) is 53.3 Å². The zero-order chi connectivity index (χ0) is 16.7. The Bertz CT molecular complexity index is 998. The van der Waals surface area contributed by atoms with Crippen molar-refractivity contribution < 1.29 is 4.79 Å². The second-order valence-corrected chi connectivity index (χ2v) is 6.14. The third-order valence-corrected chi connectivity index (χ3v) is 4.41. The molecular formula is C18H14ClN3O2. The Morgan fingerprint density at radius 1 is 1.04 bits per heavy atom. The van der Waals surface area contributed by atoms with E-state index in [-0.39, 0.29) is 5.91 Å². The Morgan fingerprint density at radius 3 is 2.54 bits per heavy atom. The van der Waals surface area contributed by atoms with Gasteiger partial charge in [0, 0.05) is 23.4 Å². The van der Waals surface area contributed by atoms with Gasteiger partial charge in [-0.1, -0.05) is 29.8 Å². The zero-order valence-corrected chi connectivity index (χ0v) is 13.5. The maximum Gasteiger partial charge on any atom is 0.354 e. The average Bonchev–Trinajstić information content (AvgIpc) is 3.00. The number of nitrogens with zero attached hydrogens (tertiary/aromatic N) is 3. The van der Waals surface area contributed by atoms with E-state index in [2.05, 4.69) is 4.98 Å². The fourth-order valence-corrected chi connectivity index (χ4v) is 3.25. The molecule has 120 valence electrons. The van der Waals surface area contributed by atoms with Crippen molar-refractivity contribution >= 4 is 34.2 Å². The SMILES string of the molecule is O=C1CCCN1c1nc(=O)n(-c2ccccc2)c2cc(Cl)ccc12. The topological polar surface area (TPSA) is 55.2 Å². The highest BCUT2D eigenvalue weighted by molar-refractivity contribution is 6.31. The number of hydrogen-bond acceptors (Lipinski definition) is 3. The Kier molecular flexibility index (Phi) is 3.58. The van der Waals surface area contributed by atoms with Crippen LogP contribution in [0.5, 0.6) is 0 Å². The number of anilines is 1. The predicted octanol–water partition coefficient (Wildman–Crippen LogP) is 3.17. The molecule has 0 aliphatic carbocycles. The smallest absolute Gasteiger partial charge is 0.296 e. The van der Waals surface area contributed by atoms with Gasteiger partial charge in [-0.15, -0.1) is 0 Å². The molecule has 1 amide bonds. The molecule has 1 fully saturated rings. The van der Waals surface area contributed by atoms with E-state index in [1.807, 2.05) is 36.4 Å². The van der Waals surface area contributed by atoms with E-state index in [1.54, 1.807) is 17.0 Å². The molecule has 0 N–H and O–H groups in total. The molecule has 0 saturated carbocycles. The first-order valence-corrected chi connectivity index (χ1v) is 8.11. The van der Waals surface area contributed by atoms with E-state index in [0.717, 1.165) is 11.8 Å². The molecule has 0 unspecified atom stereocenters. The Hall–Kier alpha value is -2.66. The second kappa shape index (κ2) is 5.76. The number of hydrogen-bond donors (Lipinski definition) is 0. The van der Waals surface area contributed by atoms with Crippen LogP contribution in [0.3, 0.4) is 0 Å². The maximum absolute atomic E-state index is 12.7. The van der Waals surface area contributed by atoms with Gasteiger partial charge < -0.3 is 0 Å². The molecule has 0 radical (unpaired) electrons. The van der Waals surface area contributed by atoms with E-state index in [0.29, 0.717) is 35.0 Å². The number of aromatic nitrogens is 2. The highest BCUT2D eigenvalue weighted by Crippen LogP contribution is 2.29. The van der Waals surface area contributed by atoms with E-state index < -0.39 is 5.69 Å². The summed E-state index contributed by atoms with van der Waals surface area (Å²) in [6.07, 6.45) is 1.26. The summed E-state index contributed by atoms with van der Waals surface area (Å²) in [7, 11) is 0. The first-order chi connectivity index (χ1) is 11.6. The van der Waals surface area contributed by atoms with Gasteiger partial charge in [-0.05, 0) is 36.8 Å². The number of amides is 1. The number of para-hydroxylation sites is 1. The van der Waals surface area contributed by atoms with Crippen molar-refractivity contribution in [3.63, 3.8) is 0 Å². The van der Waals surface area contributed by atoms with Gasteiger partial charge in [0.15, 0.2) is 0 Å². The van der Waals surface area contributed by atoms with Gasteiger partial charge in [-0.2, -0.15) is 4.98 Å². The van der Waals surface area contributed by atoms with Crippen LogP contribution in [0, 0.1) is 0 Å². The molecule has 2 aromatic carbocycles. The summed E-state index contributed by atoms with van der Waals surface area (Å²) in [4.78, 5) is 30.6. The monoisotopic (exact) mass is 339 g/mol. The average molecular weight is 340 g/mol. The van der Waals surface area contributed by atoms with Crippen LogP contribution in [-0.4, -0.2) is 22.0 Å². The van der Waals surface area contributed by atoms with Crippen molar-refractivity contribution in [1.82, 2.24) is 9.55 Å². The maximum atomic E-state index is 12.7. The number of carbonyl (C=O) groups excluding carboxylic acids is 1. The minimum atomic E-state index is -0.425. The van der Waals surface area contributed by atoms with Crippen molar-refractivity contribution in [3.05, 3.63) is 64.0 Å². The van der Waals surface area contributed by atoms with Gasteiger partial charge in [0.05, 0.1) is 11.2 Å². The van der Waals surface area contributed by atoms with E-state index in [1.165, 1.54) is 4.57 Å². The van der Waals surface area contributed by atoms with Crippen LogP contribution in [0.4, 0.5) is 5.82 Å². The molecule has 24 heavy (non-hydrogen) atoms. The molecule has 1 aliphatic rings. The molecule has 1 aromatic heterocycles. The highest BCUT2D eigenvalue weighted by Gasteiger charge is 2.26. The molecule has 4 rings (SSSR count). The largest absolute Gasteiger partial charge is 0.354 e. The second-order valence-electron chi connectivity index (χ2n) is 5.70.